The Morgan fingerprint density at radius 1 is 0.800 bits per heavy atom. The summed E-state index contributed by atoms with van der Waals surface area (Å²) in [6, 6.07) is 0. The maximum Gasteiger partial charge on any atom is 0.339 e. The van der Waals surface area contributed by atoms with E-state index in [1.54, 1.807) is 6.92 Å². The van der Waals surface area contributed by atoms with Gasteiger partial charge in [0.15, 0.2) is 0 Å². The van der Waals surface area contributed by atoms with Crippen molar-refractivity contribution in [3.63, 3.8) is 0 Å². The summed E-state index contributed by atoms with van der Waals surface area (Å²) >= 11 is 0. The number of hydrogen-bond acceptors (Lipinski definition) is 6. The van der Waals surface area contributed by atoms with Gasteiger partial charge in [-0.2, -0.15) is 0 Å². The highest BCUT2D eigenvalue weighted by molar-refractivity contribution is 5.72. The number of carbonyl (C=O) groups excluding carboxylic acids is 3. The molecule has 1 aromatic heterocycles. The number of aromatic nitrogens is 3. The Labute approximate surface area is 142 Å². The average Bonchev–Trinajstić information content (AvgIpc) is 2.46. The van der Waals surface area contributed by atoms with Gasteiger partial charge >= 0.3 is 17.1 Å². The first-order chi connectivity index (χ1) is 11.5. The zero-order valence-electron chi connectivity index (χ0n) is 14.5. The lowest BCUT2D eigenvalue weighted by molar-refractivity contribution is -0.120. The zero-order chi connectivity index (χ0) is 19.7. The quantitative estimate of drug-likeness (QED) is 0.503. The Kier molecular flexibility index (Phi) is 8.59. The molecule has 0 radical (unpaired) electrons. The van der Waals surface area contributed by atoms with Crippen molar-refractivity contribution in [2.75, 3.05) is 0 Å². The molecule has 1 rings (SSSR count). The van der Waals surface area contributed by atoms with Crippen LogP contribution in [0, 0.1) is 0 Å². The van der Waals surface area contributed by atoms with Crippen molar-refractivity contribution in [1.82, 2.24) is 24.3 Å². The molecule has 140 valence electrons. The molecule has 0 unspecified atom stereocenters. The van der Waals surface area contributed by atoms with Gasteiger partial charge in [-0.1, -0.05) is 0 Å². The number of rotatable bonds is 5. The van der Waals surface area contributed by atoms with E-state index in [4.69, 9.17) is 0 Å². The Morgan fingerprint density at radius 2 is 1.08 bits per heavy atom. The molecule has 0 aliphatic rings. The predicted molar refractivity (Wildman–Crippen MR) is 87.4 cm³/mol. The molecule has 0 aromatic carbocycles. The highest BCUT2D eigenvalue weighted by Crippen LogP contribution is 1.75. The summed E-state index contributed by atoms with van der Waals surface area (Å²) in [6.07, 6.45) is 0. The fourth-order valence-corrected chi connectivity index (χ4v) is 1.60. The number of primary amides is 1. The maximum absolute atomic E-state index is 12.1. The van der Waals surface area contributed by atoms with E-state index in [0.29, 0.717) is 9.13 Å². The molecule has 0 atom stereocenters. The second-order valence-electron chi connectivity index (χ2n) is 4.84. The number of nitrogens with one attached hydrogen (secondary N) is 2. The smallest absolute Gasteiger partial charge is 0.339 e. The van der Waals surface area contributed by atoms with Crippen molar-refractivity contribution in [1.29, 1.82) is 0 Å². The summed E-state index contributed by atoms with van der Waals surface area (Å²) in [6.45, 7) is 4.69. The van der Waals surface area contributed by atoms with Crippen LogP contribution < -0.4 is 33.4 Å². The molecule has 1 heterocycles. The van der Waals surface area contributed by atoms with Gasteiger partial charge in [0.05, 0.1) is 0 Å². The normalized spacial score (nSPS) is 9.60. The number of amides is 3. The van der Waals surface area contributed by atoms with Crippen molar-refractivity contribution in [3.8, 4) is 0 Å². The lowest BCUT2D eigenvalue weighted by atomic mass is 10.6. The van der Waals surface area contributed by atoms with Gasteiger partial charge < -0.3 is 16.4 Å². The number of carbonyl (C=O) groups is 3. The number of nitrogens with zero attached hydrogens (tertiary/aromatic N) is 3. The molecule has 4 N–H and O–H groups in total. The third-order valence-corrected chi connectivity index (χ3v) is 2.67. The van der Waals surface area contributed by atoms with Crippen molar-refractivity contribution >= 4 is 17.7 Å². The number of nitrogens with two attached hydrogens (primary N) is 1. The molecule has 3 amide bonds. The van der Waals surface area contributed by atoms with Crippen LogP contribution in [0.4, 0.5) is 0 Å². The molecule has 25 heavy (non-hydrogen) atoms. The van der Waals surface area contributed by atoms with Crippen LogP contribution in [0.25, 0.3) is 0 Å². The topological polar surface area (TPSA) is 167 Å². The van der Waals surface area contributed by atoms with E-state index in [9.17, 15) is 28.8 Å². The molecule has 0 bridgehead atoms. The van der Waals surface area contributed by atoms with Gasteiger partial charge in [0, 0.05) is 27.3 Å². The van der Waals surface area contributed by atoms with Crippen molar-refractivity contribution in [2.24, 2.45) is 5.73 Å². The van der Waals surface area contributed by atoms with Crippen molar-refractivity contribution in [3.05, 3.63) is 31.5 Å². The Bertz CT molecular complexity index is 758. The SMILES string of the molecule is CC(N)=O.CCn1c(=O)n(CNC(C)=O)c(=O)n(CNC(C)=O)c1=O. The minimum absolute atomic E-state index is 0.0537. The van der Waals surface area contributed by atoms with Crippen molar-refractivity contribution < 1.29 is 14.4 Å². The van der Waals surface area contributed by atoms with Crippen LogP contribution in [0.5, 0.6) is 0 Å². The van der Waals surface area contributed by atoms with E-state index in [-0.39, 0.29) is 25.8 Å². The van der Waals surface area contributed by atoms with Gasteiger partial charge in [0.1, 0.15) is 13.3 Å². The van der Waals surface area contributed by atoms with Crippen LogP contribution in [0.15, 0.2) is 14.4 Å². The fourth-order valence-electron chi connectivity index (χ4n) is 1.60. The fraction of sp³-hybridized carbons (Fsp3) is 0.538. The van der Waals surface area contributed by atoms with Crippen LogP contribution in [0.1, 0.15) is 27.7 Å². The van der Waals surface area contributed by atoms with Crippen molar-refractivity contribution in [2.45, 2.75) is 47.6 Å². The highest BCUT2D eigenvalue weighted by Gasteiger charge is 2.14. The lowest BCUT2D eigenvalue weighted by Gasteiger charge is -2.13. The summed E-state index contributed by atoms with van der Waals surface area (Å²) in [5, 5.41) is 4.63. The molecule has 0 aliphatic carbocycles. The van der Waals surface area contributed by atoms with Crippen LogP contribution in [0.2, 0.25) is 0 Å². The Morgan fingerprint density at radius 3 is 1.32 bits per heavy atom. The predicted octanol–water partition coefficient (Wildman–Crippen LogP) is -3.13. The highest BCUT2D eigenvalue weighted by atomic mass is 16.2. The minimum Gasteiger partial charge on any atom is -0.370 e. The van der Waals surface area contributed by atoms with E-state index >= 15 is 0 Å². The molecule has 12 nitrogen and oxygen atoms in total. The molecule has 0 saturated carbocycles. The van der Waals surface area contributed by atoms with Gasteiger partial charge in [-0.25, -0.2) is 28.1 Å². The van der Waals surface area contributed by atoms with Crippen LogP contribution in [-0.2, 0) is 34.3 Å². The molecule has 0 aliphatic heterocycles. The van der Waals surface area contributed by atoms with Crippen LogP contribution in [-0.4, -0.2) is 31.4 Å². The van der Waals surface area contributed by atoms with Gasteiger partial charge in [-0.3, -0.25) is 14.4 Å². The first-order valence-electron chi connectivity index (χ1n) is 7.22. The number of hydrogen-bond donors (Lipinski definition) is 3. The molecule has 1 aromatic rings. The second-order valence-corrected chi connectivity index (χ2v) is 4.84. The third-order valence-electron chi connectivity index (χ3n) is 2.67. The molecular weight excluding hydrogens is 336 g/mol. The summed E-state index contributed by atoms with van der Waals surface area (Å²) in [4.78, 5) is 67.2. The third kappa shape index (κ3) is 6.85. The van der Waals surface area contributed by atoms with Gasteiger partial charge in [-0.15, -0.1) is 0 Å². The summed E-state index contributed by atoms with van der Waals surface area (Å²) in [5.74, 6) is -1.19. The van der Waals surface area contributed by atoms with Crippen LogP contribution in [0.3, 0.4) is 0 Å². The molecular formula is C13H22N6O6. The molecule has 12 heteroatoms. The average molecular weight is 358 g/mol. The first-order valence-corrected chi connectivity index (χ1v) is 7.22. The van der Waals surface area contributed by atoms with E-state index in [0.717, 1.165) is 4.57 Å². The standard InChI is InChI=1S/C11H17N5O5.C2H5NO/c1-4-14-9(19)15(5-12-7(2)17)11(21)16(10(14)20)6-13-8(3)18;1-2(3)4/h4-6H2,1-3H3,(H,12,17)(H,13,18);1H3,(H2,3,4). The molecule has 0 spiro atoms. The largest absolute Gasteiger partial charge is 0.370 e. The van der Waals surface area contributed by atoms with Gasteiger partial charge in [0.25, 0.3) is 0 Å². The first kappa shape index (κ1) is 21.8. The Hall–Kier alpha value is -3.18. The maximum atomic E-state index is 12.1. The van der Waals surface area contributed by atoms with E-state index in [2.05, 4.69) is 16.4 Å². The second kappa shape index (κ2) is 9.85. The zero-order valence-corrected chi connectivity index (χ0v) is 14.5. The molecule has 0 fully saturated rings. The summed E-state index contributed by atoms with van der Waals surface area (Å²) in [7, 11) is 0. The Balaban J connectivity index is 0.00000129. The monoisotopic (exact) mass is 358 g/mol. The van der Waals surface area contributed by atoms with E-state index in [1.165, 1.54) is 20.8 Å². The van der Waals surface area contributed by atoms with E-state index < -0.39 is 28.9 Å². The molecule has 0 saturated heterocycles. The minimum atomic E-state index is -0.905. The summed E-state index contributed by atoms with van der Waals surface area (Å²) in [5.41, 5.74) is 1.93. The lowest BCUT2D eigenvalue weighted by Crippen LogP contribution is -2.57. The summed E-state index contributed by atoms with van der Waals surface area (Å²) < 4.78 is 2.27. The van der Waals surface area contributed by atoms with Gasteiger partial charge in [0.2, 0.25) is 17.7 Å². The van der Waals surface area contributed by atoms with Crippen LogP contribution >= 0.6 is 0 Å². The van der Waals surface area contributed by atoms with Gasteiger partial charge in [-0.05, 0) is 6.92 Å². The van der Waals surface area contributed by atoms with E-state index in [1.807, 2.05) is 0 Å².